The van der Waals surface area contributed by atoms with Crippen molar-refractivity contribution in [2.75, 3.05) is 20.5 Å². The minimum atomic E-state index is -4.30. The molecule has 0 saturated heterocycles. The van der Waals surface area contributed by atoms with Crippen LogP contribution in [0.2, 0.25) is 0 Å². The number of methoxy groups -OCH3 is 1. The summed E-state index contributed by atoms with van der Waals surface area (Å²) in [4.78, 5) is 21.9. The molecule has 0 saturated carbocycles. The van der Waals surface area contributed by atoms with Crippen molar-refractivity contribution in [3.05, 3.63) is 83.4 Å². The van der Waals surface area contributed by atoms with Gasteiger partial charge >= 0.3 is 11.9 Å². The number of nitrogens with one attached hydrogen (secondary N) is 2. The van der Waals surface area contributed by atoms with Crippen LogP contribution in [0.4, 0.5) is 35.1 Å². The van der Waals surface area contributed by atoms with Crippen LogP contribution < -0.4 is 9.44 Å². The van der Waals surface area contributed by atoms with Crippen LogP contribution in [-0.2, 0) is 47.4 Å². The third kappa shape index (κ3) is 9.79. The number of halogens is 8. The highest BCUT2D eigenvalue weighted by Gasteiger charge is 2.59. The Bertz CT molecular complexity index is 1500. The van der Waals surface area contributed by atoms with E-state index in [0.29, 0.717) is 6.08 Å². The summed E-state index contributed by atoms with van der Waals surface area (Å²) >= 11 is 0. The van der Waals surface area contributed by atoms with Crippen LogP contribution in [0.25, 0.3) is 0 Å². The molecule has 0 heterocycles. The first-order valence-electron chi connectivity index (χ1n) is 13.9. The van der Waals surface area contributed by atoms with E-state index < -0.39 is 103 Å². The van der Waals surface area contributed by atoms with Gasteiger partial charge in [-0.2, -0.15) is 17.6 Å². The van der Waals surface area contributed by atoms with Gasteiger partial charge in [-0.15, -0.1) is 0 Å². The first kappa shape index (κ1) is 43.0. The second-order valence-electron chi connectivity index (χ2n) is 12.2. The molecular weight excluding hydrogens is 696 g/mol. The van der Waals surface area contributed by atoms with Crippen molar-refractivity contribution in [3.8, 4) is 0 Å². The fourth-order valence-corrected chi connectivity index (χ4v) is 5.55. The molecule has 7 nitrogen and oxygen atoms in total. The van der Waals surface area contributed by atoms with E-state index in [9.17, 15) is 53.1 Å². The Morgan fingerprint density at radius 3 is 1.38 bits per heavy atom. The van der Waals surface area contributed by atoms with Crippen LogP contribution in [-0.4, -0.2) is 62.5 Å². The maximum absolute atomic E-state index is 15.0. The highest BCUT2D eigenvalue weighted by molar-refractivity contribution is 7.84. The van der Waals surface area contributed by atoms with Crippen molar-refractivity contribution in [2.45, 2.75) is 74.0 Å². The Morgan fingerprint density at radius 2 is 1.08 bits per heavy atom. The molecule has 0 aliphatic heterocycles. The summed E-state index contributed by atoms with van der Waals surface area (Å²) in [5.74, 6) is -11.7. The lowest BCUT2D eigenvalue weighted by atomic mass is 9.85. The summed E-state index contributed by atoms with van der Waals surface area (Å²) in [6.45, 7) is 5.28. The molecule has 0 aliphatic carbocycles. The number of rotatable bonds is 13. The molecule has 17 heteroatoms. The fourth-order valence-electron chi connectivity index (χ4n) is 3.70. The molecule has 0 fully saturated rings. The zero-order valence-corrected chi connectivity index (χ0v) is 28.8. The van der Waals surface area contributed by atoms with Gasteiger partial charge in [-0.1, -0.05) is 36.4 Å². The quantitative estimate of drug-likeness (QED) is 0.109. The van der Waals surface area contributed by atoms with Gasteiger partial charge in [0.15, 0.2) is 17.4 Å². The molecular formula is C31H38F8N2O5S2. The lowest BCUT2D eigenvalue weighted by Crippen LogP contribution is -2.61. The standard InChI is InChI=1S/C17H21F4NO3S.C14H17F4NO2S/c1-15(2,3)26(24)22-16(11-18,12-7-5-6-8-13(12)19)17(20,21)10-9-14(23)25-4;1-12(2,3)22(21)19-13(8-15,14(17,18)9-20)10-6-4-5-7-11(10)16/h5-10,22H,11H2,1-4H3;4-7,9,19H,8H2,1-3H3/b10-9+;/t16-,26-;13-,22-/m11/s1. The van der Waals surface area contributed by atoms with Crippen molar-refractivity contribution < 1.29 is 57.9 Å². The van der Waals surface area contributed by atoms with E-state index in [0.717, 1.165) is 31.4 Å². The van der Waals surface area contributed by atoms with Gasteiger partial charge in [0.1, 0.15) is 25.0 Å². The van der Waals surface area contributed by atoms with Crippen molar-refractivity contribution in [3.63, 3.8) is 0 Å². The molecule has 2 aromatic rings. The third-order valence-electron chi connectivity index (χ3n) is 6.63. The smallest absolute Gasteiger partial charge is 0.330 e. The summed E-state index contributed by atoms with van der Waals surface area (Å²) in [5, 5.41) is 0. The predicted octanol–water partition coefficient (Wildman–Crippen LogP) is 6.28. The van der Waals surface area contributed by atoms with Gasteiger partial charge in [-0.3, -0.25) is 4.79 Å². The van der Waals surface area contributed by atoms with E-state index in [1.807, 2.05) is 4.72 Å². The summed E-state index contributed by atoms with van der Waals surface area (Å²) in [6, 6.07) is 8.63. The van der Waals surface area contributed by atoms with E-state index in [1.165, 1.54) is 65.8 Å². The highest BCUT2D eigenvalue weighted by Crippen LogP contribution is 2.42. The van der Waals surface area contributed by atoms with Crippen LogP contribution >= 0.6 is 0 Å². The molecule has 0 aromatic heterocycles. The molecule has 4 atom stereocenters. The molecule has 0 unspecified atom stereocenters. The van der Waals surface area contributed by atoms with Gasteiger partial charge in [-0.05, 0) is 59.8 Å². The monoisotopic (exact) mass is 734 g/mol. The maximum Gasteiger partial charge on any atom is 0.330 e. The SMILES string of the molecule is CC(C)(C)[S@@](=O)N[C@](CF)(c1ccccc1F)C(F)(F)C=O.COC(=O)/C=C/C(F)(F)[C@](CF)(N[S@](=O)C(C)(C)C)c1ccccc1F. The number of aldehydes is 1. The van der Waals surface area contributed by atoms with Gasteiger partial charge in [-0.25, -0.2) is 40.2 Å². The molecule has 0 aliphatic rings. The number of alkyl halides is 6. The van der Waals surface area contributed by atoms with E-state index in [2.05, 4.69) is 9.46 Å². The molecule has 270 valence electrons. The largest absolute Gasteiger partial charge is 0.466 e. The Balaban J connectivity index is 0.000000487. The van der Waals surface area contributed by atoms with Gasteiger partial charge in [0.05, 0.1) is 38.6 Å². The van der Waals surface area contributed by atoms with Crippen LogP contribution in [0.3, 0.4) is 0 Å². The molecule has 0 amide bonds. The third-order valence-corrected chi connectivity index (χ3v) is 9.92. The van der Waals surface area contributed by atoms with Gasteiger partial charge in [0, 0.05) is 17.2 Å². The normalized spacial score (nSPS) is 16.6. The zero-order valence-electron chi connectivity index (χ0n) is 27.1. The highest BCUT2D eigenvalue weighted by atomic mass is 32.2. The van der Waals surface area contributed by atoms with Crippen molar-refractivity contribution in [1.29, 1.82) is 0 Å². The summed E-state index contributed by atoms with van der Waals surface area (Å²) in [7, 11) is -3.34. The molecule has 0 spiro atoms. The fraction of sp³-hybridized carbons (Fsp3) is 0.484. The van der Waals surface area contributed by atoms with Gasteiger partial charge < -0.3 is 4.74 Å². The van der Waals surface area contributed by atoms with Crippen molar-refractivity contribution in [1.82, 2.24) is 9.44 Å². The second-order valence-corrected chi connectivity index (χ2v) is 16.2. The van der Waals surface area contributed by atoms with Crippen molar-refractivity contribution >= 4 is 34.2 Å². The number of carbonyl (C=O) groups is 2. The molecule has 0 bridgehead atoms. The average molecular weight is 735 g/mol. The number of esters is 1. The Hall–Kier alpha value is -3.02. The van der Waals surface area contributed by atoms with Crippen LogP contribution in [0.5, 0.6) is 0 Å². The van der Waals surface area contributed by atoms with Crippen LogP contribution in [0.15, 0.2) is 60.7 Å². The van der Waals surface area contributed by atoms with Crippen LogP contribution in [0.1, 0.15) is 52.7 Å². The number of benzene rings is 2. The zero-order chi connectivity index (χ0) is 37.4. The summed E-state index contributed by atoms with van der Waals surface area (Å²) < 4.78 is 145. The van der Waals surface area contributed by atoms with E-state index in [4.69, 9.17) is 0 Å². The topological polar surface area (TPSA) is 102 Å². The molecule has 48 heavy (non-hydrogen) atoms. The van der Waals surface area contributed by atoms with E-state index >= 15 is 0 Å². The Kier molecular flexibility index (Phi) is 14.9. The van der Waals surface area contributed by atoms with E-state index in [-0.39, 0.29) is 6.08 Å². The van der Waals surface area contributed by atoms with Crippen molar-refractivity contribution in [2.24, 2.45) is 0 Å². The Labute approximate surface area is 279 Å². The number of carbonyl (C=O) groups excluding carboxylic acids is 2. The molecule has 2 N–H and O–H groups in total. The first-order chi connectivity index (χ1) is 21.9. The maximum atomic E-state index is 15.0. The summed E-state index contributed by atoms with van der Waals surface area (Å²) in [6.07, 6.45) is -0.253. The lowest BCUT2D eigenvalue weighted by molar-refractivity contribution is -0.144. The summed E-state index contributed by atoms with van der Waals surface area (Å²) in [5.41, 5.74) is -7.49. The predicted molar refractivity (Wildman–Crippen MR) is 167 cm³/mol. The number of hydrogen-bond acceptors (Lipinski definition) is 5. The number of hydrogen-bond donors (Lipinski definition) is 2. The van der Waals surface area contributed by atoms with Gasteiger partial charge in [0.25, 0.3) is 5.92 Å². The lowest BCUT2D eigenvalue weighted by Gasteiger charge is -2.39. The van der Waals surface area contributed by atoms with E-state index in [1.54, 1.807) is 0 Å². The van der Waals surface area contributed by atoms with Gasteiger partial charge in [0.2, 0.25) is 0 Å². The minimum absolute atomic E-state index is 0.109. The Morgan fingerprint density at radius 1 is 0.729 bits per heavy atom. The second kappa shape index (κ2) is 16.6. The molecule has 0 radical (unpaired) electrons. The molecule has 2 rings (SSSR count). The minimum Gasteiger partial charge on any atom is -0.466 e. The average Bonchev–Trinajstić information content (AvgIpc) is 3.01. The number of ether oxygens (including phenoxy) is 1. The molecule has 2 aromatic carbocycles. The van der Waals surface area contributed by atoms with Crippen LogP contribution in [0, 0.1) is 11.6 Å². The first-order valence-corrected chi connectivity index (χ1v) is 16.2.